The van der Waals surface area contributed by atoms with Crippen molar-refractivity contribution in [1.82, 2.24) is 9.80 Å². The summed E-state index contributed by atoms with van der Waals surface area (Å²) in [6, 6.07) is 12.0. The van der Waals surface area contributed by atoms with Crippen LogP contribution in [0.25, 0.3) is 0 Å². The molecule has 0 aromatic heterocycles. The van der Waals surface area contributed by atoms with E-state index in [1.54, 1.807) is 0 Å². The van der Waals surface area contributed by atoms with E-state index in [1.807, 2.05) is 7.11 Å². The summed E-state index contributed by atoms with van der Waals surface area (Å²) in [5.41, 5.74) is 1.41. The molecule has 23 heavy (non-hydrogen) atoms. The van der Waals surface area contributed by atoms with Crippen LogP contribution in [0.3, 0.4) is 0 Å². The average Bonchev–Trinajstić information content (AvgIpc) is 3.09. The third-order valence-electron chi connectivity index (χ3n) is 5.47. The van der Waals surface area contributed by atoms with Crippen molar-refractivity contribution in [2.45, 2.75) is 56.8 Å². The van der Waals surface area contributed by atoms with Crippen molar-refractivity contribution in [1.29, 1.82) is 0 Å². The second-order valence-electron chi connectivity index (χ2n) is 6.91. The number of likely N-dealkylation sites (tertiary alicyclic amines) is 1. The molecule has 3 rings (SSSR count). The molecule has 0 N–H and O–H groups in total. The molecule has 1 aliphatic heterocycles. The Hall–Kier alpha value is -0.610. The van der Waals surface area contributed by atoms with Crippen molar-refractivity contribution in [3.05, 3.63) is 35.9 Å². The molecular formula is C19H31ClN2O. The van der Waals surface area contributed by atoms with E-state index in [1.165, 1.54) is 50.8 Å². The van der Waals surface area contributed by atoms with Gasteiger partial charge in [0.2, 0.25) is 0 Å². The third kappa shape index (κ3) is 4.48. The Balaban J connectivity index is 0.00000192. The van der Waals surface area contributed by atoms with Crippen molar-refractivity contribution in [2.75, 3.05) is 27.2 Å². The second kappa shape index (κ2) is 9.03. The third-order valence-corrected chi connectivity index (χ3v) is 5.47. The van der Waals surface area contributed by atoms with Gasteiger partial charge in [-0.05, 0) is 57.8 Å². The Kier molecular flexibility index (Phi) is 7.35. The lowest BCUT2D eigenvalue weighted by atomic mass is 9.85. The highest BCUT2D eigenvalue weighted by Gasteiger charge is 2.40. The zero-order valence-corrected chi connectivity index (χ0v) is 15.3. The van der Waals surface area contributed by atoms with Crippen molar-refractivity contribution in [2.24, 2.45) is 0 Å². The Labute approximate surface area is 147 Å². The molecule has 0 amide bonds. The van der Waals surface area contributed by atoms with E-state index in [9.17, 15) is 0 Å². The number of hydrogen-bond donors (Lipinski definition) is 0. The molecule has 0 unspecified atom stereocenters. The summed E-state index contributed by atoms with van der Waals surface area (Å²) < 4.78 is 5.88. The second-order valence-corrected chi connectivity index (χ2v) is 6.91. The minimum atomic E-state index is 0. The Morgan fingerprint density at radius 2 is 1.78 bits per heavy atom. The maximum absolute atomic E-state index is 5.88. The minimum absolute atomic E-state index is 0. The van der Waals surface area contributed by atoms with Gasteiger partial charge in [-0.3, -0.25) is 9.80 Å². The van der Waals surface area contributed by atoms with E-state index in [-0.39, 0.29) is 12.4 Å². The number of halogens is 1. The molecule has 0 bridgehead atoms. The molecule has 1 heterocycles. The van der Waals surface area contributed by atoms with Crippen LogP contribution in [-0.2, 0) is 11.3 Å². The quantitative estimate of drug-likeness (QED) is 0.816. The van der Waals surface area contributed by atoms with Gasteiger partial charge in [0, 0.05) is 19.7 Å². The molecule has 1 aliphatic carbocycles. The zero-order chi connectivity index (χ0) is 15.4. The highest BCUT2D eigenvalue weighted by atomic mass is 35.5. The van der Waals surface area contributed by atoms with Gasteiger partial charge in [0.05, 0.1) is 12.1 Å². The van der Waals surface area contributed by atoms with E-state index in [4.69, 9.17) is 4.74 Å². The molecule has 1 aromatic rings. The molecule has 0 radical (unpaired) electrons. The predicted octanol–water partition coefficient (Wildman–Crippen LogP) is 3.57. The van der Waals surface area contributed by atoms with Crippen LogP contribution in [0.15, 0.2) is 30.3 Å². The topological polar surface area (TPSA) is 15.7 Å². The van der Waals surface area contributed by atoms with E-state index in [0.29, 0.717) is 18.2 Å². The average molecular weight is 339 g/mol. The number of likely N-dealkylation sites (N-methyl/N-ethyl adjacent to an activating group) is 1. The zero-order valence-electron chi connectivity index (χ0n) is 14.5. The maximum Gasteiger partial charge on any atom is 0.0741 e. The lowest BCUT2D eigenvalue weighted by molar-refractivity contribution is -0.0452. The van der Waals surface area contributed by atoms with Gasteiger partial charge < -0.3 is 4.74 Å². The highest BCUT2D eigenvalue weighted by Crippen LogP contribution is 2.31. The smallest absolute Gasteiger partial charge is 0.0741 e. The summed E-state index contributed by atoms with van der Waals surface area (Å²) >= 11 is 0. The molecule has 1 aromatic carbocycles. The Morgan fingerprint density at radius 3 is 2.43 bits per heavy atom. The normalized spacial score (nSPS) is 28.7. The first-order valence-electron chi connectivity index (χ1n) is 8.80. The van der Waals surface area contributed by atoms with Crippen LogP contribution in [-0.4, -0.2) is 55.2 Å². The van der Waals surface area contributed by atoms with Gasteiger partial charge in [0.25, 0.3) is 0 Å². The molecule has 2 aliphatic rings. The van der Waals surface area contributed by atoms with Crippen molar-refractivity contribution < 1.29 is 4.74 Å². The van der Waals surface area contributed by atoms with Crippen LogP contribution in [0.2, 0.25) is 0 Å². The van der Waals surface area contributed by atoms with Gasteiger partial charge in [0.1, 0.15) is 0 Å². The van der Waals surface area contributed by atoms with Gasteiger partial charge in [-0.2, -0.15) is 0 Å². The van der Waals surface area contributed by atoms with Crippen LogP contribution in [0.4, 0.5) is 0 Å². The minimum Gasteiger partial charge on any atom is -0.380 e. The van der Waals surface area contributed by atoms with E-state index >= 15 is 0 Å². The SMILES string of the molecule is CO[C@H]1CCC[C@@H](N(C)Cc2ccccc2)[C@@H]1N1CCCC1.Cl. The fourth-order valence-electron chi connectivity index (χ4n) is 4.36. The monoisotopic (exact) mass is 338 g/mol. The van der Waals surface area contributed by atoms with Crippen LogP contribution >= 0.6 is 12.4 Å². The summed E-state index contributed by atoms with van der Waals surface area (Å²) in [6.07, 6.45) is 6.89. The van der Waals surface area contributed by atoms with Gasteiger partial charge in [-0.1, -0.05) is 30.3 Å². The fourth-order valence-corrected chi connectivity index (χ4v) is 4.36. The molecule has 2 fully saturated rings. The van der Waals surface area contributed by atoms with Crippen molar-refractivity contribution in [3.63, 3.8) is 0 Å². The molecular weight excluding hydrogens is 308 g/mol. The Bertz CT molecular complexity index is 448. The van der Waals surface area contributed by atoms with Gasteiger partial charge in [0.15, 0.2) is 0 Å². The van der Waals surface area contributed by atoms with Crippen LogP contribution in [0.5, 0.6) is 0 Å². The predicted molar refractivity (Wildman–Crippen MR) is 98.2 cm³/mol. The van der Waals surface area contributed by atoms with Gasteiger partial charge in [-0.25, -0.2) is 0 Å². The first-order valence-corrected chi connectivity index (χ1v) is 8.80. The van der Waals surface area contributed by atoms with Crippen molar-refractivity contribution in [3.8, 4) is 0 Å². The lowest BCUT2D eigenvalue weighted by Gasteiger charge is -2.46. The summed E-state index contributed by atoms with van der Waals surface area (Å²) in [6.45, 7) is 3.53. The first-order chi connectivity index (χ1) is 10.8. The molecule has 130 valence electrons. The molecule has 0 spiro atoms. The summed E-state index contributed by atoms with van der Waals surface area (Å²) in [7, 11) is 4.19. The Morgan fingerprint density at radius 1 is 1.09 bits per heavy atom. The van der Waals surface area contributed by atoms with Crippen LogP contribution in [0.1, 0.15) is 37.7 Å². The summed E-state index contributed by atoms with van der Waals surface area (Å²) in [5.74, 6) is 0. The summed E-state index contributed by atoms with van der Waals surface area (Å²) in [4.78, 5) is 5.25. The van der Waals surface area contributed by atoms with E-state index in [0.717, 1.165) is 6.54 Å². The number of hydrogen-bond acceptors (Lipinski definition) is 3. The maximum atomic E-state index is 5.88. The number of ether oxygens (including phenoxy) is 1. The number of rotatable bonds is 5. The molecule has 3 atom stereocenters. The van der Waals surface area contributed by atoms with Crippen LogP contribution < -0.4 is 0 Å². The van der Waals surface area contributed by atoms with Gasteiger partial charge in [-0.15, -0.1) is 12.4 Å². The van der Waals surface area contributed by atoms with E-state index in [2.05, 4.69) is 47.2 Å². The largest absolute Gasteiger partial charge is 0.380 e. The summed E-state index contributed by atoms with van der Waals surface area (Å²) in [5, 5.41) is 0. The fraction of sp³-hybridized carbons (Fsp3) is 0.684. The first kappa shape index (κ1) is 18.7. The standard InChI is InChI=1S/C19H30N2O.ClH/c1-20(15-16-9-4-3-5-10-16)17-11-8-12-18(22-2)19(17)21-13-6-7-14-21;/h3-5,9-10,17-19H,6-8,11-15H2,1-2H3;1H/t17-,18+,19+;/m1./s1. The molecule has 4 heteroatoms. The van der Waals surface area contributed by atoms with Crippen LogP contribution in [0, 0.1) is 0 Å². The molecule has 3 nitrogen and oxygen atoms in total. The number of benzene rings is 1. The van der Waals surface area contributed by atoms with Crippen molar-refractivity contribution >= 4 is 12.4 Å². The lowest BCUT2D eigenvalue weighted by Crippen LogP contribution is -2.57. The number of nitrogens with zero attached hydrogens (tertiary/aromatic N) is 2. The number of methoxy groups -OCH3 is 1. The molecule has 1 saturated carbocycles. The highest BCUT2D eigenvalue weighted by molar-refractivity contribution is 5.85. The molecule has 1 saturated heterocycles. The van der Waals surface area contributed by atoms with Gasteiger partial charge >= 0.3 is 0 Å². The van der Waals surface area contributed by atoms with E-state index < -0.39 is 0 Å².